The summed E-state index contributed by atoms with van der Waals surface area (Å²) in [5.74, 6) is 5.30. The molecule has 1 fully saturated rings. The van der Waals surface area contributed by atoms with Gasteiger partial charge in [-0.2, -0.15) is 0 Å². The number of carbonyl (C=O) groups is 1. The third kappa shape index (κ3) is 3.10. The smallest absolute Gasteiger partial charge is 0.262 e. The van der Waals surface area contributed by atoms with E-state index in [4.69, 9.17) is 5.11 Å². The van der Waals surface area contributed by atoms with E-state index in [0.717, 1.165) is 19.5 Å². The maximum absolute atomic E-state index is 12.1. The number of likely N-dealkylation sites (tertiary alicyclic amines) is 1. The maximum atomic E-state index is 12.1. The number of carbonyl (C=O) groups excluding carboxylic acids is 1. The SMILES string of the molecule is CN1CCC(NC(=O)c2sccc2C#CCO)C1. The van der Waals surface area contributed by atoms with Gasteiger partial charge in [0.15, 0.2) is 0 Å². The van der Waals surface area contributed by atoms with Gasteiger partial charge < -0.3 is 15.3 Å². The summed E-state index contributed by atoms with van der Waals surface area (Å²) in [6, 6.07) is 2.03. The fourth-order valence-corrected chi connectivity index (χ4v) is 2.77. The van der Waals surface area contributed by atoms with Crippen LogP contribution in [0.2, 0.25) is 0 Å². The van der Waals surface area contributed by atoms with Crippen LogP contribution in [0.15, 0.2) is 11.4 Å². The van der Waals surface area contributed by atoms with Crippen molar-refractivity contribution in [2.45, 2.75) is 12.5 Å². The Labute approximate surface area is 111 Å². The van der Waals surface area contributed by atoms with E-state index in [1.165, 1.54) is 11.3 Å². The van der Waals surface area contributed by atoms with E-state index in [1.807, 2.05) is 11.4 Å². The van der Waals surface area contributed by atoms with Crippen LogP contribution in [-0.2, 0) is 0 Å². The molecule has 4 nitrogen and oxygen atoms in total. The standard InChI is InChI=1S/C13H16N2O2S/c1-15-6-4-11(9-15)14-13(17)12-10(3-2-7-16)5-8-18-12/h5,8,11,16H,4,6-7,9H2,1H3,(H,14,17). The molecule has 2 rings (SSSR count). The Hall–Kier alpha value is -1.35. The molecule has 0 aliphatic carbocycles. The Kier molecular flexibility index (Phi) is 4.37. The van der Waals surface area contributed by atoms with Gasteiger partial charge in [-0.25, -0.2) is 0 Å². The minimum absolute atomic E-state index is 0.0625. The predicted molar refractivity (Wildman–Crippen MR) is 71.7 cm³/mol. The molecular weight excluding hydrogens is 248 g/mol. The minimum atomic E-state index is -0.190. The van der Waals surface area contributed by atoms with Crippen molar-refractivity contribution < 1.29 is 9.90 Å². The lowest BCUT2D eigenvalue weighted by Gasteiger charge is -2.12. The Morgan fingerprint density at radius 2 is 2.56 bits per heavy atom. The number of thiophene rings is 1. The zero-order valence-electron chi connectivity index (χ0n) is 10.3. The molecule has 0 spiro atoms. The summed E-state index contributed by atoms with van der Waals surface area (Å²) in [5, 5.41) is 13.5. The average molecular weight is 264 g/mol. The highest BCUT2D eigenvalue weighted by Gasteiger charge is 2.22. The quantitative estimate of drug-likeness (QED) is 0.766. The van der Waals surface area contributed by atoms with Gasteiger partial charge in [0.1, 0.15) is 11.5 Å². The average Bonchev–Trinajstić information content (AvgIpc) is 2.95. The van der Waals surface area contributed by atoms with Crippen LogP contribution in [0, 0.1) is 11.8 Å². The van der Waals surface area contributed by atoms with E-state index in [2.05, 4.69) is 29.1 Å². The first-order valence-corrected chi connectivity index (χ1v) is 6.75. The summed E-state index contributed by atoms with van der Waals surface area (Å²) in [6.45, 7) is 1.73. The van der Waals surface area contributed by atoms with Crippen molar-refractivity contribution in [3.05, 3.63) is 21.9 Å². The van der Waals surface area contributed by atoms with Gasteiger partial charge in [0.2, 0.25) is 0 Å². The van der Waals surface area contributed by atoms with Crippen LogP contribution in [0.3, 0.4) is 0 Å². The number of amides is 1. The van der Waals surface area contributed by atoms with Crippen LogP contribution in [0.4, 0.5) is 0 Å². The molecule has 2 N–H and O–H groups in total. The Morgan fingerprint density at radius 1 is 1.72 bits per heavy atom. The van der Waals surface area contributed by atoms with Crippen molar-refractivity contribution in [1.29, 1.82) is 0 Å². The zero-order chi connectivity index (χ0) is 13.0. The lowest BCUT2D eigenvalue weighted by molar-refractivity contribution is 0.0942. The van der Waals surface area contributed by atoms with Crippen molar-refractivity contribution in [3.8, 4) is 11.8 Å². The van der Waals surface area contributed by atoms with Gasteiger partial charge in [-0.1, -0.05) is 11.8 Å². The van der Waals surface area contributed by atoms with Gasteiger partial charge in [-0.05, 0) is 31.5 Å². The predicted octanol–water partition coefficient (Wildman–Crippen LogP) is 0.526. The van der Waals surface area contributed by atoms with Crippen LogP contribution in [0.1, 0.15) is 21.7 Å². The number of hydrogen-bond acceptors (Lipinski definition) is 4. The molecule has 1 unspecified atom stereocenters. The van der Waals surface area contributed by atoms with E-state index in [9.17, 15) is 4.79 Å². The van der Waals surface area contributed by atoms with Crippen molar-refractivity contribution in [1.82, 2.24) is 10.2 Å². The summed E-state index contributed by atoms with van der Waals surface area (Å²) in [6.07, 6.45) is 0.991. The molecule has 1 amide bonds. The fraction of sp³-hybridized carbons (Fsp3) is 0.462. The molecule has 2 heterocycles. The maximum Gasteiger partial charge on any atom is 0.262 e. The molecule has 96 valence electrons. The highest BCUT2D eigenvalue weighted by atomic mass is 32.1. The topological polar surface area (TPSA) is 52.6 Å². The minimum Gasteiger partial charge on any atom is -0.384 e. The molecule has 0 aromatic carbocycles. The largest absolute Gasteiger partial charge is 0.384 e. The van der Waals surface area contributed by atoms with Crippen molar-refractivity contribution >= 4 is 17.2 Å². The molecule has 1 saturated heterocycles. The number of rotatable bonds is 2. The van der Waals surface area contributed by atoms with Crippen LogP contribution in [-0.4, -0.2) is 48.7 Å². The molecule has 1 aromatic heterocycles. The van der Waals surface area contributed by atoms with Crippen molar-refractivity contribution in [2.24, 2.45) is 0 Å². The first-order chi connectivity index (χ1) is 8.70. The molecule has 1 aliphatic heterocycles. The van der Waals surface area contributed by atoms with E-state index in [-0.39, 0.29) is 18.6 Å². The second-order valence-corrected chi connectivity index (χ2v) is 5.26. The number of likely N-dealkylation sites (N-methyl/N-ethyl adjacent to an activating group) is 1. The van der Waals surface area contributed by atoms with Crippen LogP contribution in [0.25, 0.3) is 0 Å². The Bertz CT molecular complexity index is 487. The van der Waals surface area contributed by atoms with Crippen LogP contribution >= 0.6 is 11.3 Å². The molecule has 1 aromatic rings. The van der Waals surface area contributed by atoms with Gasteiger partial charge in [0, 0.05) is 18.2 Å². The first-order valence-electron chi connectivity index (χ1n) is 5.87. The van der Waals surface area contributed by atoms with E-state index in [1.54, 1.807) is 0 Å². The lowest BCUT2D eigenvalue weighted by Crippen LogP contribution is -2.36. The third-order valence-electron chi connectivity index (χ3n) is 2.90. The number of nitrogens with zero attached hydrogens (tertiary/aromatic N) is 1. The highest BCUT2D eigenvalue weighted by molar-refractivity contribution is 7.12. The van der Waals surface area contributed by atoms with Crippen LogP contribution < -0.4 is 5.32 Å². The Morgan fingerprint density at radius 3 is 3.22 bits per heavy atom. The van der Waals surface area contributed by atoms with Crippen molar-refractivity contribution in [2.75, 3.05) is 26.7 Å². The first kappa shape index (κ1) is 13.1. The van der Waals surface area contributed by atoms with Gasteiger partial charge in [0.25, 0.3) is 5.91 Å². The van der Waals surface area contributed by atoms with Crippen molar-refractivity contribution in [3.63, 3.8) is 0 Å². The molecule has 1 atom stereocenters. The summed E-state index contributed by atoms with van der Waals surface area (Å²) in [4.78, 5) is 14.9. The van der Waals surface area contributed by atoms with E-state index < -0.39 is 0 Å². The highest BCUT2D eigenvalue weighted by Crippen LogP contribution is 2.16. The molecule has 18 heavy (non-hydrogen) atoms. The molecule has 0 radical (unpaired) electrons. The molecule has 1 aliphatic rings. The molecule has 0 saturated carbocycles. The van der Waals surface area contributed by atoms with Crippen LogP contribution in [0.5, 0.6) is 0 Å². The summed E-state index contributed by atoms with van der Waals surface area (Å²) in [5.41, 5.74) is 0.693. The van der Waals surface area contributed by atoms with Gasteiger partial charge >= 0.3 is 0 Å². The fourth-order valence-electron chi connectivity index (χ4n) is 2.02. The molecule has 5 heteroatoms. The normalized spacial score (nSPS) is 19.3. The zero-order valence-corrected chi connectivity index (χ0v) is 11.1. The van der Waals surface area contributed by atoms with Gasteiger partial charge in [-0.15, -0.1) is 11.3 Å². The second kappa shape index (κ2) is 6.01. The number of aliphatic hydroxyl groups excluding tert-OH is 1. The van der Waals surface area contributed by atoms with E-state index in [0.29, 0.717) is 10.4 Å². The van der Waals surface area contributed by atoms with Gasteiger partial charge in [0.05, 0.1) is 0 Å². The monoisotopic (exact) mass is 264 g/mol. The number of hydrogen-bond donors (Lipinski definition) is 2. The Balaban J connectivity index is 2.03. The summed E-state index contributed by atoms with van der Waals surface area (Å²) in [7, 11) is 2.05. The third-order valence-corrected chi connectivity index (χ3v) is 3.81. The second-order valence-electron chi connectivity index (χ2n) is 4.34. The number of nitrogens with one attached hydrogen (secondary N) is 1. The summed E-state index contributed by atoms with van der Waals surface area (Å²) < 4.78 is 0. The molecule has 0 bridgehead atoms. The lowest BCUT2D eigenvalue weighted by atomic mass is 10.2. The number of aliphatic hydroxyl groups is 1. The van der Waals surface area contributed by atoms with E-state index >= 15 is 0 Å². The van der Waals surface area contributed by atoms with Gasteiger partial charge in [-0.3, -0.25) is 4.79 Å². The molecular formula is C13H16N2O2S. The summed E-state index contributed by atoms with van der Waals surface area (Å²) >= 11 is 1.38.